The molecular formula is C84H164O17P2. The monoisotopic (exact) mass is 1510 g/mol. The SMILES string of the molecule is CCCCCCCCCCCCCCCCCCCCCCC(=O)O[C@H](COC(=O)CCCCCCCCCCCCCCCC(C)C)COP(=O)(O)OC[C@@H](O)COP(=O)(O)OC[C@@H](COC(=O)CCCCCCCCCCCCCCC)OC(=O)CCCCCCCCCCCCC(C)CC. The van der Waals surface area contributed by atoms with E-state index in [0.717, 1.165) is 102 Å². The molecule has 0 rings (SSSR count). The van der Waals surface area contributed by atoms with Crippen molar-refractivity contribution in [2.45, 2.75) is 464 Å². The van der Waals surface area contributed by atoms with Crippen LogP contribution in [0.5, 0.6) is 0 Å². The van der Waals surface area contributed by atoms with Gasteiger partial charge in [0.15, 0.2) is 12.2 Å². The molecule has 0 aliphatic heterocycles. The van der Waals surface area contributed by atoms with Crippen molar-refractivity contribution in [2.75, 3.05) is 39.6 Å². The normalized spacial score (nSPS) is 14.1. The summed E-state index contributed by atoms with van der Waals surface area (Å²) in [7, 11) is -9.93. The highest BCUT2D eigenvalue weighted by Gasteiger charge is 2.30. The first-order valence-electron chi connectivity index (χ1n) is 43.5. The minimum Gasteiger partial charge on any atom is -0.462 e. The summed E-state index contributed by atoms with van der Waals surface area (Å²) in [6, 6.07) is 0. The van der Waals surface area contributed by atoms with E-state index in [1.165, 1.54) is 263 Å². The Hall–Kier alpha value is -1.94. The maximum atomic E-state index is 13.1. The third kappa shape index (κ3) is 76.6. The lowest BCUT2D eigenvalue weighted by Gasteiger charge is -2.21. The van der Waals surface area contributed by atoms with Crippen molar-refractivity contribution in [1.29, 1.82) is 0 Å². The Morgan fingerprint density at radius 3 is 0.738 bits per heavy atom. The lowest BCUT2D eigenvalue weighted by atomic mass is 9.99. The highest BCUT2D eigenvalue weighted by Crippen LogP contribution is 2.45. The summed E-state index contributed by atoms with van der Waals surface area (Å²) in [5.74, 6) is -0.509. The average molecular weight is 1510 g/mol. The second kappa shape index (κ2) is 75.5. The van der Waals surface area contributed by atoms with Crippen LogP contribution < -0.4 is 0 Å². The Bertz CT molecular complexity index is 1980. The summed E-state index contributed by atoms with van der Waals surface area (Å²) < 4.78 is 68.9. The fourth-order valence-electron chi connectivity index (χ4n) is 13.0. The van der Waals surface area contributed by atoms with Crippen LogP contribution in [-0.2, 0) is 65.4 Å². The second-order valence-corrected chi connectivity index (χ2v) is 33.8. The van der Waals surface area contributed by atoms with Gasteiger partial charge in [0.1, 0.15) is 19.3 Å². The van der Waals surface area contributed by atoms with Crippen LogP contribution in [0.1, 0.15) is 446 Å². The Morgan fingerprint density at radius 2 is 0.495 bits per heavy atom. The van der Waals surface area contributed by atoms with Gasteiger partial charge in [-0.2, -0.15) is 0 Å². The number of hydrogen-bond acceptors (Lipinski definition) is 15. The molecule has 0 aliphatic carbocycles. The van der Waals surface area contributed by atoms with E-state index in [-0.39, 0.29) is 25.7 Å². The molecule has 3 unspecified atom stereocenters. The van der Waals surface area contributed by atoms with Gasteiger partial charge in [0.05, 0.1) is 26.4 Å². The minimum atomic E-state index is -4.96. The molecule has 3 N–H and O–H groups in total. The molecule has 0 saturated heterocycles. The third-order valence-electron chi connectivity index (χ3n) is 20.1. The van der Waals surface area contributed by atoms with Crippen molar-refractivity contribution in [3.05, 3.63) is 0 Å². The molecule has 0 saturated carbocycles. The van der Waals surface area contributed by atoms with Crippen molar-refractivity contribution in [1.82, 2.24) is 0 Å². The van der Waals surface area contributed by atoms with Crippen molar-refractivity contribution in [3.63, 3.8) is 0 Å². The van der Waals surface area contributed by atoms with E-state index in [4.69, 9.17) is 37.0 Å². The molecule has 0 amide bonds. The van der Waals surface area contributed by atoms with Gasteiger partial charge in [0.2, 0.25) is 0 Å². The van der Waals surface area contributed by atoms with Crippen molar-refractivity contribution < 1.29 is 80.2 Å². The first-order chi connectivity index (χ1) is 49.9. The number of esters is 4. The van der Waals surface area contributed by atoms with Gasteiger partial charge in [-0.3, -0.25) is 37.3 Å². The highest BCUT2D eigenvalue weighted by molar-refractivity contribution is 7.47. The Labute approximate surface area is 632 Å². The van der Waals surface area contributed by atoms with Crippen molar-refractivity contribution in [2.24, 2.45) is 11.8 Å². The molecule has 0 radical (unpaired) electrons. The van der Waals surface area contributed by atoms with Crippen LogP contribution in [0.4, 0.5) is 0 Å². The number of ether oxygens (including phenoxy) is 4. The number of carbonyl (C=O) groups is 4. The summed E-state index contributed by atoms with van der Waals surface area (Å²) in [5, 5.41) is 10.7. The maximum Gasteiger partial charge on any atom is 0.472 e. The fourth-order valence-corrected chi connectivity index (χ4v) is 14.6. The summed E-state index contributed by atoms with van der Waals surface area (Å²) >= 11 is 0. The van der Waals surface area contributed by atoms with Gasteiger partial charge in [0, 0.05) is 25.7 Å². The van der Waals surface area contributed by atoms with E-state index >= 15 is 0 Å². The Kier molecular flexibility index (Phi) is 74.1. The maximum absolute atomic E-state index is 13.1. The van der Waals surface area contributed by atoms with Crippen LogP contribution in [0.2, 0.25) is 0 Å². The molecule has 19 heteroatoms. The zero-order chi connectivity index (χ0) is 75.6. The van der Waals surface area contributed by atoms with E-state index in [9.17, 15) is 43.2 Å². The van der Waals surface area contributed by atoms with Gasteiger partial charge in [-0.05, 0) is 37.5 Å². The number of aliphatic hydroxyl groups is 1. The Morgan fingerprint density at radius 1 is 0.282 bits per heavy atom. The summed E-state index contributed by atoms with van der Waals surface area (Å²) in [5.41, 5.74) is 0. The molecule has 17 nitrogen and oxygen atoms in total. The smallest absolute Gasteiger partial charge is 0.462 e. The quantitative estimate of drug-likeness (QED) is 0.0222. The van der Waals surface area contributed by atoms with E-state index in [2.05, 4.69) is 41.5 Å². The molecule has 0 aromatic carbocycles. The van der Waals surface area contributed by atoms with Crippen molar-refractivity contribution in [3.8, 4) is 0 Å². The number of aliphatic hydroxyl groups excluding tert-OH is 1. The molecule has 0 spiro atoms. The second-order valence-electron chi connectivity index (χ2n) is 30.9. The largest absolute Gasteiger partial charge is 0.472 e. The summed E-state index contributed by atoms with van der Waals surface area (Å²) in [6.07, 6.45) is 66.5. The molecule has 0 aromatic rings. The van der Waals surface area contributed by atoms with Gasteiger partial charge >= 0.3 is 39.5 Å². The third-order valence-corrected chi connectivity index (χ3v) is 22.0. The zero-order valence-electron chi connectivity index (χ0n) is 67.6. The molecule has 0 heterocycles. The molecule has 6 atom stereocenters. The lowest BCUT2D eigenvalue weighted by Crippen LogP contribution is -2.30. The fraction of sp³-hybridized carbons (Fsp3) is 0.952. The van der Waals surface area contributed by atoms with Gasteiger partial charge in [-0.1, -0.05) is 395 Å². The molecule has 0 aromatic heterocycles. The average Bonchev–Trinajstić information content (AvgIpc) is 0.927. The van der Waals surface area contributed by atoms with Gasteiger partial charge in [0.25, 0.3) is 0 Å². The van der Waals surface area contributed by atoms with Crippen LogP contribution in [0.3, 0.4) is 0 Å². The van der Waals surface area contributed by atoms with Gasteiger partial charge in [-0.15, -0.1) is 0 Å². The van der Waals surface area contributed by atoms with Gasteiger partial charge in [-0.25, -0.2) is 9.13 Å². The van der Waals surface area contributed by atoms with Crippen LogP contribution in [0, 0.1) is 11.8 Å². The lowest BCUT2D eigenvalue weighted by molar-refractivity contribution is -0.161. The number of phosphoric ester groups is 2. The molecular weight excluding hydrogens is 1340 g/mol. The van der Waals surface area contributed by atoms with Crippen LogP contribution in [0.25, 0.3) is 0 Å². The molecule has 103 heavy (non-hydrogen) atoms. The molecule has 0 bridgehead atoms. The first-order valence-corrected chi connectivity index (χ1v) is 46.5. The first kappa shape index (κ1) is 101. The number of carbonyl (C=O) groups excluding carboxylic acids is 4. The van der Waals surface area contributed by atoms with Crippen LogP contribution in [0.15, 0.2) is 0 Å². The van der Waals surface area contributed by atoms with Crippen LogP contribution >= 0.6 is 15.6 Å². The summed E-state index contributed by atoms with van der Waals surface area (Å²) in [6.45, 7) is 9.70. The number of phosphoric acid groups is 2. The van der Waals surface area contributed by atoms with Crippen LogP contribution in [-0.4, -0.2) is 96.7 Å². The topological polar surface area (TPSA) is 237 Å². The van der Waals surface area contributed by atoms with Gasteiger partial charge < -0.3 is 33.8 Å². The Balaban J connectivity index is 5.26. The van der Waals surface area contributed by atoms with E-state index in [0.29, 0.717) is 25.7 Å². The highest BCUT2D eigenvalue weighted by atomic mass is 31.2. The van der Waals surface area contributed by atoms with E-state index in [1.807, 2.05) is 0 Å². The predicted molar refractivity (Wildman–Crippen MR) is 423 cm³/mol. The number of hydrogen-bond donors (Lipinski definition) is 3. The minimum absolute atomic E-state index is 0.107. The number of rotatable bonds is 83. The molecule has 0 aliphatic rings. The standard InChI is InChI=1S/C84H164O17P2/c1-7-10-12-14-16-18-20-22-23-24-25-26-27-28-32-37-44-50-56-62-68-83(88)100-79(72-95-82(87)67-61-55-49-43-36-33-29-31-34-40-46-52-58-64-76(4)5)74-98-102(90,91)96-70-78(85)71-97-103(92,93)99-75-80(73-94-81(86)66-60-54-48-42-35-30-21-19-17-15-13-11-8-2)101-84(89)69-63-57-51-45-39-38-41-47-53-59-65-77(6)9-3/h76-80,85H,7-75H2,1-6H3,(H,90,91)(H,92,93)/t77?,78-,79-,80-/m1/s1. The summed E-state index contributed by atoms with van der Waals surface area (Å²) in [4.78, 5) is 73.2. The predicted octanol–water partition coefficient (Wildman–Crippen LogP) is 25.5. The van der Waals surface area contributed by atoms with E-state index in [1.54, 1.807) is 0 Å². The van der Waals surface area contributed by atoms with Crippen molar-refractivity contribution >= 4 is 39.5 Å². The molecule has 612 valence electrons. The zero-order valence-corrected chi connectivity index (χ0v) is 69.4. The molecule has 0 fully saturated rings. The van der Waals surface area contributed by atoms with E-state index < -0.39 is 97.5 Å². The number of unbranched alkanes of at least 4 members (excludes halogenated alkanes) is 52.